The molecule has 188 valence electrons. The molecule has 0 unspecified atom stereocenters. The molecular formula is C36H29N3. The second-order valence-electron chi connectivity index (χ2n) is 10.0. The largest absolute Gasteiger partial charge is 0.341 e. The van der Waals surface area contributed by atoms with Gasteiger partial charge in [0.2, 0.25) is 0 Å². The minimum Gasteiger partial charge on any atom is -0.341 e. The molecule has 0 radical (unpaired) electrons. The Bertz CT molecular complexity index is 2000. The summed E-state index contributed by atoms with van der Waals surface area (Å²) in [5, 5.41) is 2.62. The summed E-state index contributed by atoms with van der Waals surface area (Å²) in [6, 6.07) is 43.1. The summed E-state index contributed by atoms with van der Waals surface area (Å²) >= 11 is 0. The average Bonchev–Trinajstić information content (AvgIpc) is 3.53. The fourth-order valence-electron chi connectivity index (χ4n) is 5.79. The molecular weight excluding hydrogens is 474 g/mol. The van der Waals surface area contributed by atoms with Crippen molar-refractivity contribution in [3.63, 3.8) is 0 Å². The number of benzene rings is 5. The van der Waals surface area contributed by atoms with Crippen molar-refractivity contribution in [1.29, 1.82) is 0 Å². The molecule has 0 atom stereocenters. The second-order valence-corrected chi connectivity index (χ2v) is 10.0. The Morgan fingerprint density at radius 2 is 1.44 bits per heavy atom. The van der Waals surface area contributed by atoms with E-state index in [0.29, 0.717) is 0 Å². The molecule has 0 saturated heterocycles. The normalized spacial score (nSPS) is 12.1. The van der Waals surface area contributed by atoms with Crippen LogP contribution in [0.5, 0.6) is 0 Å². The van der Waals surface area contributed by atoms with E-state index in [1.54, 1.807) is 0 Å². The Labute approximate surface area is 228 Å². The molecule has 0 aliphatic rings. The average molecular weight is 504 g/mol. The van der Waals surface area contributed by atoms with E-state index in [1.165, 1.54) is 38.5 Å². The van der Waals surface area contributed by atoms with Crippen LogP contribution < -0.4 is 0 Å². The molecule has 0 saturated carbocycles. The predicted octanol–water partition coefficient (Wildman–Crippen LogP) is 9.38. The lowest BCUT2D eigenvalue weighted by Gasteiger charge is -2.11. The van der Waals surface area contributed by atoms with E-state index in [9.17, 15) is 0 Å². The van der Waals surface area contributed by atoms with Crippen LogP contribution in [0, 0.1) is 0 Å². The number of hydrogen-bond acceptors (Lipinski definition) is 1. The summed E-state index contributed by atoms with van der Waals surface area (Å²) in [6.45, 7) is 5.35. The Kier molecular flexibility index (Phi) is 5.63. The van der Waals surface area contributed by atoms with Gasteiger partial charge < -0.3 is 4.57 Å². The van der Waals surface area contributed by atoms with Crippen LogP contribution >= 0.6 is 0 Å². The van der Waals surface area contributed by atoms with Crippen LogP contribution in [-0.2, 0) is 6.54 Å². The number of hydrogen-bond donors (Lipinski definition) is 0. The van der Waals surface area contributed by atoms with E-state index in [1.807, 2.05) is 6.07 Å². The maximum atomic E-state index is 5.06. The third kappa shape index (κ3) is 3.95. The SMILES string of the molecule is CCn1c2ccccc2c2ccc(/C=C(/C)c3cccc(-c4nc5ccccc5n4-c4ccccc4)c3)cc21. The van der Waals surface area contributed by atoms with E-state index >= 15 is 0 Å². The Balaban J connectivity index is 1.32. The first-order valence-corrected chi connectivity index (χ1v) is 13.5. The molecule has 0 amide bonds. The summed E-state index contributed by atoms with van der Waals surface area (Å²) < 4.78 is 4.66. The Morgan fingerprint density at radius 1 is 0.692 bits per heavy atom. The molecule has 7 rings (SSSR count). The van der Waals surface area contributed by atoms with Gasteiger partial charge in [-0.25, -0.2) is 4.98 Å². The highest BCUT2D eigenvalue weighted by Crippen LogP contribution is 2.32. The summed E-state index contributed by atoms with van der Waals surface area (Å²) in [7, 11) is 0. The van der Waals surface area contributed by atoms with Crippen molar-refractivity contribution < 1.29 is 0 Å². The molecule has 3 heteroatoms. The van der Waals surface area contributed by atoms with Crippen molar-refractivity contribution >= 4 is 44.5 Å². The first kappa shape index (κ1) is 23.2. The highest BCUT2D eigenvalue weighted by Gasteiger charge is 2.15. The van der Waals surface area contributed by atoms with Crippen molar-refractivity contribution in [2.45, 2.75) is 20.4 Å². The number of aromatic nitrogens is 3. The molecule has 2 heterocycles. The van der Waals surface area contributed by atoms with Gasteiger partial charge in [-0.3, -0.25) is 4.57 Å². The van der Waals surface area contributed by atoms with E-state index in [4.69, 9.17) is 4.98 Å². The molecule has 0 spiro atoms. The van der Waals surface area contributed by atoms with Gasteiger partial charge in [0.1, 0.15) is 5.82 Å². The van der Waals surface area contributed by atoms with Crippen molar-refractivity contribution in [2.24, 2.45) is 0 Å². The van der Waals surface area contributed by atoms with E-state index < -0.39 is 0 Å². The maximum Gasteiger partial charge on any atom is 0.145 e. The quantitative estimate of drug-likeness (QED) is 0.215. The summed E-state index contributed by atoms with van der Waals surface area (Å²) in [5.74, 6) is 0.950. The number of rotatable bonds is 5. The Morgan fingerprint density at radius 3 is 2.28 bits per heavy atom. The van der Waals surface area contributed by atoms with Crippen LogP contribution in [0.25, 0.3) is 61.6 Å². The van der Waals surface area contributed by atoms with Gasteiger partial charge in [0.05, 0.1) is 11.0 Å². The fraction of sp³-hybridized carbons (Fsp3) is 0.0833. The molecule has 2 aromatic heterocycles. The molecule has 0 aliphatic carbocycles. The van der Waals surface area contributed by atoms with Gasteiger partial charge in [-0.05, 0) is 73.0 Å². The smallest absolute Gasteiger partial charge is 0.145 e. The summed E-state index contributed by atoms with van der Waals surface area (Å²) in [6.07, 6.45) is 2.29. The van der Waals surface area contributed by atoms with Crippen molar-refractivity contribution in [3.8, 4) is 17.1 Å². The van der Waals surface area contributed by atoms with Gasteiger partial charge in [0, 0.05) is 39.6 Å². The zero-order valence-corrected chi connectivity index (χ0v) is 22.2. The first-order valence-electron chi connectivity index (χ1n) is 13.5. The highest BCUT2D eigenvalue weighted by atomic mass is 15.1. The minimum absolute atomic E-state index is 0.945. The molecule has 0 bridgehead atoms. The maximum absolute atomic E-state index is 5.06. The van der Waals surface area contributed by atoms with Gasteiger partial charge in [-0.15, -0.1) is 0 Å². The molecule has 7 aromatic rings. The molecule has 5 aromatic carbocycles. The predicted molar refractivity (Wildman–Crippen MR) is 165 cm³/mol. The molecule has 0 N–H and O–H groups in total. The third-order valence-corrected chi connectivity index (χ3v) is 7.65. The monoisotopic (exact) mass is 503 g/mol. The Hall–Kier alpha value is -4.89. The van der Waals surface area contributed by atoms with Crippen molar-refractivity contribution in [2.75, 3.05) is 0 Å². The number of fused-ring (bicyclic) bond motifs is 4. The van der Waals surface area contributed by atoms with Gasteiger partial charge in [0.25, 0.3) is 0 Å². The van der Waals surface area contributed by atoms with Crippen LogP contribution in [0.3, 0.4) is 0 Å². The van der Waals surface area contributed by atoms with E-state index in [0.717, 1.165) is 34.7 Å². The van der Waals surface area contributed by atoms with Crippen LogP contribution in [0.15, 0.2) is 121 Å². The van der Waals surface area contributed by atoms with Gasteiger partial charge in [-0.2, -0.15) is 0 Å². The van der Waals surface area contributed by atoms with E-state index in [-0.39, 0.29) is 0 Å². The van der Waals surface area contributed by atoms with Crippen LogP contribution in [0.2, 0.25) is 0 Å². The molecule has 0 fully saturated rings. The summed E-state index contributed by atoms with van der Waals surface area (Å²) in [5.41, 5.74) is 10.5. The number of allylic oxidation sites excluding steroid dienone is 1. The first-order chi connectivity index (χ1) is 19.2. The van der Waals surface area contributed by atoms with E-state index in [2.05, 4.69) is 144 Å². The van der Waals surface area contributed by atoms with Gasteiger partial charge in [0.15, 0.2) is 0 Å². The zero-order chi connectivity index (χ0) is 26.3. The zero-order valence-electron chi connectivity index (χ0n) is 22.2. The van der Waals surface area contributed by atoms with Crippen molar-refractivity contribution in [3.05, 3.63) is 132 Å². The summed E-state index contributed by atoms with van der Waals surface area (Å²) in [4.78, 5) is 5.06. The lowest BCUT2D eigenvalue weighted by molar-refractivity contribution is 0.827. The standard InChI is InChI=1S/C36H29N3/c1-3-38-33-18-9-7-16-30(33)31-21-20-26(23-35(31)38)22-25(2)27-12-11-13-28(24-27)36-37-32-17-8-10-19-34(32)39(36)29-14-5-4-6-15-29/h4-24H,3H2,1-2H3/b25-22-. The molecule has 3 nitrogen and oxygen atoms in total. The molecule has 0 aliphatic heterocycles. The second kappa shape index (κ2) is 9.45. The number of para-hydroxylation sites is 4. The van der Waals surface area contributed by atoms with Gasteiger partial charge >= 0.3 is 0 Å². The fourth-order valence-corrected chi connectivity index (χ4v) is 5.79. The van der Waals surface area contributed by atoms with Crippen LogP contribution in [0.4, 0.5) is 0 Å². The van der Waals surface area contributed by atoms with Crippen molar-refractivity contribution in [1.82, 2.24) is 14.1 Å². The lowest BCUT2D eigenvalue weighted by atomic mass is 10.0. The molecule has 39 heavy (non-hydrogen) atoms. The van der Waals surface area contributed by atoms with Crippen LogP contribution in [0.1, 0.15) is 25.0 Å². The van der Waals surface area contributed by atoms with Crippen LogP contribution in [-0.4, -0.2) is 14.1 Å². The third-order valence-electron chi connectivity index (χ3n) is 7.65. The number of nitrogens with zero attached hydrogens (tertiary/aromatic N) is 3. The topological polar surface area (TPSA) is 22.8 Å². The highest BCUT2D eigenvalue weighted by molar-refractivity contribution is 6.08. The van der Waals surface area contributed by atoms with Gasteiger partial charge in [-0.1, -0.05) is 84.9 Å². The number of aryl methyl sites for hydroxylation is 1. The number of imidazole rings is 1. The lowest BCUT2D eigenvalue weighted by Crippen LogP contribution is -1.97. The minimum atomic E-state index is 0.945.